The highest BCUT2D eigenvalue weighted by Gasteiger charge is 2.56. The molecule has 7 aromatic rings. The summed E-state index contributed by atoms with van der Waals surface area (Å²) in [5.41, 5.74) is 9.47. The van der Waals surface area contributed by atoms with Crippen molar-refractivity contribution in [3.63, 3.8) is 0 Å². The molecule has 0 fully saturated rings. The molecule has 236 valence electrons. The third-order valence-electron chi connectivity index (χ3n) is 10.5. The Kier molecular flexibility index (Phi) is 6.50. The van der Waals surface area contributed by atoms with Gasteiger partial charge in [-0.05, 0) is 22.8 Å². The Balaban J connectivity index is 1.22. The fourth-order valence-corrected chi connectivity index (χ4v) is 8.44. The zero-order chi connectivity index (χ0) is 33.1. The van der Waals surface area contributed by atoms with Crippen molar-refractivity contribution in [3.05, 3.63) is 198 Å². The van der Waals surface area contributed by atoms with Gasteiger partial charge < -0.3 is 4.74 Å². The van der Waals surface area contributed by atoms with Gasteiger partial charge in [0.15, 0.2) is 17.5 Å². The zero-order valence-corrected chi connectivity index (χ0v) is 27.1. The van der Waals surface area contributed by atoms with Gasteiger partial charge in [-0.3, -0.25) is 0 Å². The number of para-hydroxylation sites is 2. The minimum absolute atomic E-state index is 0.199. The number of hydrogen-bond acceptors (Lipinski definition) is 4. The maximum atomic E-state index is 7.03. The van der Waals surface area contributed by atoms with Crippen molar-refractivity contribution in [1.82, 2.24) is 15.0 Å². The van der Waals surface area contributed by atoms with Crippen LogP contribution in [0.2, 0.25) is 0 Å². The van der Waals surface area contributed by atoms with Crippen molar-refractivity contribution in [2.75, 3.05) is 0 Å². The van der Waals surface area contributed by atoms with E-state index in [9.17, 15) is 0 Å². The van der Waals surface area contributed by atoms with E-state index in [0.717, 1.165) is 39.3 Å². The Morgan fingerprint density at radius 2 is 1.00 bits per heavy atom. The van der Waals surface area contributed by atoms with Gasteiger partial charge in [-0.2, -0.15) is 0 Å². The molecule has 10 rings (SSSR count). The minimum Gasteiger partial charge on any atom is -0.456 e. The summed E-state index contributed by atoms with van der Waals surface area (Å²) >= 11 is 0. The molecule has 2 heterocycles. The van der Waals surface area contributed by atoms with E-state index in [2.05, 4.69) is 115 Å². The van der Waals surface area contributed by atoms with Gasteiger partial charge in [0.25, 0.3) is 0 Å². The molecule has 4 heteroatoms. The maximum absolute atomic E-state index is 7.03. The van der Waals surface area contributed by atoms with E-state index >= 15 is 0 Å². The molecule has 50 heavy (non-hydrogen) atoms. The highest BCUT2D eigenvalue weighted by molar-refractivity contribution is 5.87. The van der Waals surface area contributed by atoms with Crippen LogP contribution in [0.1, 0.15) is 28.2 Å². The van der Waals surface area contributed by atoms with Gasteiger partial charge in [0, 0.05) is 45.2 Å². The molecule has 3 aliphatic rings. The topological polar surface area (TPSA) is 47.9 Å². The molecule has 2 aliphatic carbocycles. The Labute approximate surface area is 291 Å². The van der Waals surface area contributed by atoms with Crippen molar-refractivity contribution < 1.29 is 4.74 Å². The van der Waals surface area contributed by atoms with Crippen LogP contribution >= 0.6 is 0 Å². The number of aromatic nitrogens is 3. The Hall–Kier alpha value is -6.39. The Morgan fingerprint density at radius 1 is 0.440 bits per heavy atom. The van der Waals surface area contributed by atoms with E-state index in [1.807, 2.05) is 60.7 Å². The molecule has 0 bridgehead atoms. The van der Waals surface area contributed by atoms with Gasteiger partial charge in [0.1, 0.15) is 11.5 Å². The lowest BCUT2D eigenvalue weighted by molar-refractivity contribution is 0.375. The van der Waals surface area contributed by atoms with Crippen LogP contribution < -0.4 is 4.74 Å². The molecular weight excluding hydrogens is 611 g/mol. The van der Waals surface area contributed by atoms with E-state index < -0.39 is 5.41 Å². The molecule has 1 spiro atoms. The number of ether oxygens (including phenoxy) is 1. The fourth-order valence-electron chi connectivity index (χ4n) is 8.44. The highest BCUT2D eigenvalue weighted by atomic mass is 16.5. The normalized spacial score (nSPS) is 19.3. The Bertz CT molecular complexity index is 2430. The number of nitrogens with zero attached hydrogens (tertiary/aromatic N) is 3. The predicted molar refractivity (Wildman–Crippen MR) is 199 cm³/mol. The number of hydrogen-bond donors (Lipinski definition) is 0. The average molecular weight is 642 g/mol. The van der Waals surface area contributed by atoms with Gasteiger partial charge in [-0.15, -0.1) is 0 Å². The van der Waals surface area contributed by atoms with Gasteiger partial charge in [0.05, 0.1) is 5.41 Å². The van der Waals surface area contributed by atoms with Crippen molar-refractivity contribution >= 4 is 0 Å². The standard InChI is InChI=1S/C46H31N3O/c1-3-16-30(17-4-1)43-47-44(31-18-5-2-6-19-31)49-45(48-43)36-23-8-7-20-32(36)35-24-15-28-40-42(35)50-41-29-14-13-27-39(41)46(40)37-25-11-9-21-33(37)34-22-10-12-26-38(34)46/h1-29,33,37H. The molecule has 1 aromatic heterocycles. The summed E-state index contributed by atoms with van der Waals surface area (Å²) in [6.07, 6.45) is 9.17. The summed E-state index contributed by atoms with van der Waals surface area (Å²) in [6.45, 7) is 0. The van der Waals surface area contributed by atoms with Crippen LogP contribution in [0.15, 0.2) is 176 Å². The first-order valence-electron chi connectivity index (χ1n) is 17.1. The van der Waals surface area contributed by atoms with Crippen molar-refractivity contribution in [1.29, 1.82) is 0 Å². The van der Waals surface area contributed by atoms with Gasteiger partial charge in [-0.1, -0.05) is 170 Å². The lowest BCUT2D eigenvalue weighted by atomic mass is 9.61. The fraction of sp³-hybridized carbons (Fsp3) is 0.0652. The molecular formula is C46H31N3O. The first-order chi connectivity index (χ1) is 24.8. The van der Waals surface area contributed by atoms with Crippen LogP contribution in [0.4, 0.5) is 0 Å². The maximum Gasteiger partial charge on any atom is 0.164 e. The summed E-state index contributed by atoms with van der Waals surface area (Å²) in [6, 6.07) is 52.8. The third kappa shape index (κ3) is 4.21. The van der Waals surface area contributed by atoms with Crippen LogP contribution in [0.5, 0.6) is 11.5 Å². The van der Waals surface area contributed by atoms with Crippen LogP contribution in [-0.4, -0.2) is 15.0 Å². The van der Waals surface area contributed by atoms with Crippen molar-refractivity contribution in [2.24, 2.45) is 5.92 Å². The molecule has 0 N–H and O–H groups in total. The predicted octanol–water partition coefficient (Wildman–Crippen LogP) is 10.8. The first-order valence-corrected chi connectivity index (χ1v) is 17.1. The van der Waals surface area contributed by atoms with Crippen LogP contribution in [0.25, 0.3) is 45.3 Å². The number of allylic oxidation sites excluding steroid dienone is 4. The summed E-state index contributed by atoms with van der Waals surface area (Å²) in [5.74, 6) is 4.11. The summed E-state index contributed by atoms with van der Waals surface area (Å²) in [4.78, 5) is 15.2. The van der Waals surface area contributed by atoms with Crippen LogP contribution in [0.3, 0.4) is 0 Å². The smallest absolute Gasteiger partial charge is 0.164 e. The average Bonchev–Trinajstić information content (AvgIpc) is 3.49. The highest BCUT2D eigenvalue weighted by Crippen LogP contribution is 2.65. The summed E-state index contributed by atoms with van der Waals surface area (Å²) in [5, 5.41) is 0. The summed E-state index contributed by atoms with van der Waals surface area (Å²) in [7, 11) is 0. The second kappa shape index (κ2) is 11.4. The quantitative estimate of drug-likeness (QED) is 0.192. The molecule has 0 radical (unpaired) electrons. The molecule has 1 aliphatic heterocycles. The number of fused-ring (bicyclic) bond motifs is 9. The molecule has 0 saturated carbocycles. The molecule has 6 aromatic carbocycles. The second-order valence-corrected chi connectivity index (χ2v) is 13.1. The second-order valence-electron chi connectivity index (χ2n) is 13.1. The zero-order valence-electron chi connectivity index (χ0n) is 27.1. The van der Waals surface area contributed by atoms with E-state index in [1.165, 1.54) is 22.3 Å². The minimum atomic E-state index is -0.425. The first kappa shape index (κ1) is 28.6. The van der Waals surface area contributed by atoms with Gasteiger partial charge in [0.2, 0.25) is 0 Å². The molecule has 0 amide bonds. The van der Waals surface area contributed by atoms with E-state index in [0.29, 0.717) is 17.5 Å². The molecule has 0 saturated heterocycles. The number of rotatable bonds is 4. The van der Waals surface area contributed by atoms with E-state index in [1.54, 1.807) is 0 Å². The van der Waals surface area contributed by atoms with Crippen LogP contribution in [-0.2, 0) is 5.41 Å². The lowest BCUT2D eigenvalue weighted by Crippen LogP contribution is -2.37. The van der Waals surface area contributed by atoms with Crippen molar-refractivity contribution in [2.45, 2.75) is 11.3 Å². The molecule has 3 atom stereocenters. The molecule has 3 unspecified atom stereocenters. The van der Waals surface area contributed by atoms with E-state index in [-0.39, 0.29) is 11.8 Å². The monoisotopic (exact) mass is 641 g/mol. The van der Waals surface area contributed by atoms with Gasteiger partial charge >= 0.3 is 0 Å². The van der Waals surface area contributed by atoms with Gasteiger partial charge in [-0.25, -0.2) is 15.0 Å². The van der Waals surface area contributed by atoms with Crippen molar-refractivity contribution in [3.8, 4) is 56.8 Å². The summed E-state index contributed by atoms with van der Waals surface area (Å²) < 4.78 is 7.03. The SMILES string of the molecule is C1=CC2c3ccccc3C3(c4ccccc4Oc4c(-c5ccccc5-c5nc(-c6ccccc6)nc(-c6ccccc6)n5)cccc43)C2C=C1. The van der Waals surface area contributed by atoms with E-state index in [4.69, 9.17) is 19.7 Å². The van der Waals surface area contributed by atoms with Crippen LogP contribution in [0, 0.1) is 5.92 Å². The lowest BCUT2D eigenvalue weighted by Gasteiger charge is -2.43. The molecule has 4 nitrogen and oxygen atoms in total. The largest absolute Gasteiger partial charge is 0.456 e. The third-order valence-corrected chi connectivity index (χ3v) is 10.5. The number of benzene rings is 6. The Morgan fingerprint density at radius 3 is 1.76 bits per heavy atom.